The number of nitrogens with zero attached hydrogens (tertiary/aromatic N) is 2. The first-order valence-corrected chi connectivity index (χ1v) is 9.34. The van der Waals surface area contributed by atoms with E-state index in [0.29, 0.717) is 23.8 Å². The summed E-state index contributed by atoms with van der Waals surface area (Å²) in [5.74, 6) is -0.0366. The molecule has 0 aliphatic rings. The maximum absolute atomic E-state index is 12.7. The molecule has 3 rings (SSSR count). The van der Waals surface area contributed by atoms with E-state index in [1.807, 2.05) is 59.0 Å². The lowest BCUT2D eigenvalue weighted by atomic mass is 10.2. The van der Waals surface area contributed by atoms with Gasteiger partial charge in [-0.2, -0.15) is 0 Å². The quantitative estimate of drug-likeness (QED) is 0.626. The predicted molar refractivity (Wildman–Crippen MR) is 97.3 cm³/mol. The molecule has 0 bridgehead atoms. The second-order valence-electron chi connectivity index (χ2n) is 4.95. The van der Waals surface area contributed by atoms with Gasteiger partial charge in [-0.05, 0) is 30.5 Å². The molecule has 0 saturated carbocycles. The summed E-state index contributed by atoms with van der Waals surface area (Å²) in [6.45, 7) is 3.26. The minimum atomic E-state index is -0.0366. The molecule has 118 valence electrons. The number of benzene rings is 1. The number of hydrogen-bond acceptors (Lipinski definition) is 4. The lowest BCUT2D eigenvalue weighted by molar-refractivity contribution is 0.0749. The fourth-order valence-corrected chi connectivity index (χ4v) is 3.91. The van der Waals surface area contributed by atoms with Crippen LogP contribution in [0.3, 0.4) is 0 Å². The third-order valence-electron chi connectivity index (χ3n) is 3.39. The first-order valence-electron chi connectivity index (χ1n) is 7.20. The molecule has 0 aliphatic carbocycles. The zero-order chi connectivity index (χ0) is 16.2. The topological polar surface area (TPSA) is 33.2 Å². The van der Waals surface area contributed by atoms with Gasteiger partial charge in [-0.25, -0.2) is 4.98 Å². The van der Waals surface area contributed by atoms with Crippen LogP contribution in [0.1, 0.15) is 22.3 Å². The summed E-state index contributed by atoms with van der Waals surface area (Å²) in [5.41, 5.74) is 1.42. The van der Waals surface area contributed by atoms with Crippen LogP contribution in [0, 0.1) is 0 Å². The van der Waals surface area contributed by atoms with Gasteiger partial charge in [0.05, 0.1) is 6.54 Å². The van der Waals surface area contributed by atoms with Crippen LogP contribution in [0.15, 0.2) is 47.2 Å². The fourth-order valence-electron chi connectivity index (χ4n) is 2.21. The van der Waals surface area contributed by atoms with E-state index in [0.717, 1.165) is 10.6 Å². The van der Waals surface area contributed by atoms with Gasteiger partial charge in [-0.3, -0.25) is 4.79 Å². The molecule has 2 heterocycles. The van der Waals surface area contributed by atoms with Crippen LogP contribution < -0.4 is 0 Å². The van der Waals surface area contributed by atoms with Crippen molar-refractivity contribution in [3.63, 3.8) is 0 Å². The van der Waals surface area contributed by atoms with Crippen molar-refractivity contribution in [2.75, 3.05) is 6.54 Å². The van der Waals surface area contributed by atoms with Gasteiger partial charge >= 0.3 is 0 Å². The Morgan fingerprint density at radius 3 is 2.83 bits per heavy atom. The molecule has 1 amide bonds. The molecule has 0 atom stereocenters. The average molecular weight is 363 g/mol. The number of thiazole rings is 1. The normalized spacial score (nSPS) is 10.7. The molecule has 0 N–H and O–H groups in total. The first kappa shape index (κ1) is 16.2. The first-order chi connectivity index (χ1) is 11.2. The predicted octanol–water partition coefficient (Wildman–Crippen LogP) is 5.19. The van der Waals surface area contributed by atoms with Crippen molar-refractivity contribution in [1.29, 1.82) is 0 Å². The van der Waals surface area contributed by atoms with E-state index in [9.17, 15) is 4.79 Å². The third-order valence-corrected chi connectivity index (χ3v) is 5.38. The molecule has 23 heavy (non-hydrogen) atoms. The van der Waals surface area contributed by atoms with E-state index in [4.69, 9.17) is 11.6 Å². The standard InChI is InChI=1S/C17H15ClN2OS2/c1-2-20(10-14-7-4-8-22-14)17(21)15-11-23-16(19-15)12-5-3-6-13(18)9-12/h3-9,11H,2,10H2,1H3. The molecule has 6 heteroatoms. The number of halogens is 1. The molecule has 0 radical (unpaired) electrons. The fraction of sp³-hybridized carbons (Fsp3) is 0.176. The van der Waals surface area contributed by atoms with Gasteiger partial charge in [0.1, 0.15) is 10.7 Å². The van der Waals surface area contributed by atoms with Crippen molar-refractivity contribution >= 4 is 40.2 Å². The van der Waals surface area contributed by atoms with Gasteiger partial charge in [0.2, 0.25) is 0 Å². The number of amides is 1. The SMILES string of the molecule is CCN(Cc1cccs1)C(=O)c1csc(-c2cccc(Cl)c2)n1. The van der Waals surface area contributed by atoms with E-state index in [2.05, 4.69) is 4.98 Å². The van der Waals surface area contributed by atoms with E-state index < -0.39 is 0 Å². The Labute approximate surface area is 148 Å². The Morgan fingerprint density at radius 1 is 1.26 bits per heavy atom. The van der Waals surface area contributed by atoms with Crippen molar-refractivity contribution in [2.24, 2.45) is 0 Å². The molecule has 0 spiro atoms. The van der Waals surface area contributed by atoms with E-state index >= 15 is 0 Å². The van der Waals surface area contributed by atoms with Crippen LogP contribution in [0.5, 0.6) is 0 Å². The lowest BCUT2D eigenvalue weighted by Crippen LogP contribution is -2.30. The summed E-state index contributed by atoms with van der Waals surface area (Å²) in [4.78, 5) is 20.1. The van der Waals surface area contributed by atoms with Gasteiger partial charge in [-0.1, -0.05) is 29.8 Å². The Kier molecular flexibility index (Phi) is 5.10. The molecular formula is C17H15ClN2OS2. The van der Waals surface area contributed by atoms with Crippen LogP contribution in [-0.4, -0.2) is 22.3 Å². The lowest BCUT2D eigenvalue weighted by Gasteiger charge is -2.18. The highest BCUT2D eigenvalue weighted by Crippen LogP contribution is 2.26. The van der Waals surface area contributed by atoms with Crippen molar-refractivity contribution in [3.05, 3.63) is 62.8 Å². The maximum Gasteiger partial charge on any atom is 0.273 e. The van der Waals surface area contributed by atoms with Crippen LogP contribution in [0.25, 0.3) is 10.6 Å². The highest BCUT2D eigenvalue weighted by Gasteiger charge is 2.18. The molecule has 3 aromatic rings. The van der Waals surface area contributed by atoms with Gasteiger partial charge in [-0.15, -0.1) is 22.7 Å². The molecule has 2 aromatic heterocycles. The van der Waals surface area contributed by atoms with Crippen molar-refractivity contribution < 1.29 is 4.79 Å². The molecular weight excluding hydrogens is 348 g/mol. The smallest absolute Gasteiger partial charge is 0.273 e. The van der Waals surface area contributed by atoms with Crippen LogP contribution in [-0.2, 0) is 6.54 Å². The minimum absolute atomic E-state index is 0.0366. The van der Waals surface area contributed by atoms with Gasteiger partial charge in [0.25, 0.3) is 5.91 Å². The zero-order valence-corrected chi connectivity index (χ0v) is 14.9. The summed E-state index contributed by atoms with van der Waals surface area (Å²) in [6.07, 6.45) is 0. The van der Waals surface area contributed by atoms with Crippen molar-refractivity contribution in [3.8, 4) is 10.6 Å². The Balaban J connectivity index is 1.79. The second kappa shape index (κ2) is 7.25. The number of hydrogen-bond donors (Lipinski definition) is 0. The second-order valence-corrected chi connectivity index (χ2v) is 7.27. The minimum Gasteiger partial charge on any atom is -0.332 e. The third kappa shape index (κ3) is 3.80. The number of thiophene rings is 1. The zero-order valence-electron chi connectivity index (χ0n) is 12.5. The monoisotopic (exact) mass is 362 g/mol. The molecule has 0 aliphatic heterocycles. The number of aromatic nitrogens is 1. The summed E-state index contributed by atoms with van der Waals surface area (Å²) < 4.78 is 0. The largest absolute Gasteiger partial charge is 0.332 e. The van der Waals surface area contributed by atoms with Crippen LogP contribution in [0.4, 0.5) is 0 Å². The average Bonchev–Trinajstić information content (AvgIpc) is 3.23. The van der Waals surface area contributed by atoms with Crippen LogP contribution in [0.2, 0.25) is 5.02 Å². The highest BCUT2D eigenvalue weighted by molar-refractivity contribution is 7.13. The van der Waals surface area contributed by atoms with Gasteiger partial charge < -0.3 is 4.90 Å². The molecule has 0 saturated heterocycles. The number of carbonyl (C=O) groups excluding carboxylic acids is 1. The molecule has 0 unspecified atom stereocenters. The number of carbonyl (C=O) groups is 1. The molecule has 3 nitrogen and oxygen atoms in total. The summed E-state index contributed by atoms with van der Waals surface area (Å²) >= 11 is 9.14. The Hall–Kier alpha value is -1.69. The summed E-state index contributed by atoms with van der Waals surface area (Å²) in [6, 6.07) is 11.6. The summed E-state index contributed by atoms with van der Waals surface area (Å²) in [7, 11) is 0. The van der Waals surface area contributed by atoms with Gasteiger partial charge in [0, 0.05) is 27.4 Å². The van der Waals surface area contributed by atoms with E-state index in [1.54, 1.807) is 11.3 Å². The number of rotatable bonds is 5. The van der Waals surface area contributed by atoms with E-state index in [1.165, 1.54) is 16.2 Å². The van der Waals surface area contributed by atoms with Crippen molar-refractivity contribution in [2.45, 2.75) is 13.5 Å². The van der Waals surface area contributed by atoms with Crippen molar-refractivity contribution in [1.82, 2.24) is 9.88 Å². The Bertz CT molecular complexity index is 799. The molecule has 1 aromatic carbocycles. The van der Waals surface area contributed by atoms with Crippen LogP contribution >= 0.6 is 34.3 Å². The Morgan fingerprint density at radius 2 is 2.13 bits per heavy atom. The van der Waals surface area contributed by atoms with E-state index in [-0.39, 0.29) is 5.91 Å². The van der Waals surface area contributed by atoms with Gasteiger partial charge in [0.15, 0.2) is 0 Å². The summed E-state index contributed by atoms with van der Waals surface area (Å²) in [5, 5.41) is 5.31. The maximum atomic E-state index is 12.7. The highest BCUT2D eigenvalue weighted by atomic mass is 35.5. The molecule has 0 fully saturated rings.